The van der Waals surface area contributed by atoms with Crippen LogP contribution in [0.5, 0.6) is 0 Å². The molecule has 2 N–H and O–H groups in total. The molecule has 2 aliphatic rings. The highest BCUT2D eigenvalue weighted by atomic mass is 19.3. The van der Waals surface area contributed by atoms with Crippen molar-refractivity contribution in [3.05, 3.63) is 60.7 Å². The van der Waals surface area contributed by atoms with E-state index >= 15 is 0 Å². The first-order chi connectivity index (χ1) is 17.9. The number of rotatable bonds is 5. The number of alkyl halides is 2. The summed E-state index contributed by atoms with van der Waals surface area (Å²) in [4.78, 5) is 25.5. The number of anilines is 3. The van der Waals surface area contributed by atoms with Crippen molar-refractivity contribution in [3.63, 3.8) is 0 Å². The molecule has 37 heavy (non-hydrogen) atoms. The van der Waals surface area contributed by atoms with Crippen molar-refractivity contribution in [3.8, 4) is 11.1 Å². The Morgan fingerprint density at radius 2 is 1.89 bits per heavy atom. The summed E-state index contributed by atoms with van der Waals surface area (Å²) < 4.78 is 32.7. The Morgan fingerprint density at radius 1 is 1.03 bits per heavy atom. The fourth-order valence-electron chi connectivity index (χ4n) is 4.74. The average molecular weight is 506 g/mol. The number of aromatic amines is 1. The van der Waals surface area contributed by atoms with Gasteiger partial charge in [0.2, 0.25) is 0 Å². The third kappa shape index (κ3) is 4.82. The molecule has 1 amide bonds. The SMILES string of the molecule is O=C(Nc1ccnc(N2CCC(F)(F)C2)c1)c1n[nH]c2ccc(-c3cncc(N4CCOCC4)c3)cc12. The molecule has 11 heteroatoms. The number of hydrogen-bond donors (Lipinski definition) is 2. The van der Waals surface area contributed by atoms with Crippen LogP contribution in [0.4, 0.5) is 26.0 Å². The number of carbonyl (C=O) groups is 1. The van der Waals surface area contributed by atoms with Gasteiger partial charge < -0.3 is 19.9 Å². The highest BCUT2D eigenvalue weighted by molar-refractivity contribution is 6.11. The molecule has 1 aromatic carbocycles. The van der Waals surface area contributed by atoms with Gasteiger partial charge >= 0.3 is 0 Å². The number of benzene rings is 1. The van der Waals surface area contributed by atoms with Gasteiger partial charge in [0.1, 0.15) is 5.82 Å². The van der Waals surface area contributed by atoms with Crippen LogP contribution in [0.3, 0.4) is 0 Å². The third-order valence-electron chi connectivity index (χ3n) is 6.71. The fourth-order valence-corrected chi connectivity index (χ4v) is 4.74. The second-order valence-corrected chi connectivity index (χ2v) is 9.25. The summed E-state index contributed by atoms with van der Waals surface area (Å²) >= 11 is 0. The number of nitrogens with zero attached hydrogens (tertiary/aromatic N) is 5. The lowest BCUT2D eigenvalue weighted by Gasteiger charge is -2.28. The Kier molecular flexibility index (Phi) is 5.91. The third-order valence-corrected chi connectivity index (χ3v) is 6.71. The van der Waals surface area contributed by atoms with Gasteiger partial charge in [-0.25, -0.2) is 13.8 Å². The zero-order valence-electron chi connectivity index (χ0n) is 20.0. The van der Waals surface area contributed by atoms with Gasteiger partial charge in [0, 0.05) is 61.2 Å². The second kappa shape index (κ2) is 9.40. The number of halogens is 2. The van der Waals surface area contributed by atoms with Crippen LogP contribution in [0, 0.1) is 0 Å². The summed E-state index contributed by atoms with van der Waals surface area (Å²) in [7, 11) is 0. The Labute approximate surface area is 211 Å². The van der Waals surface area contributed by atoms with Gasteiger partial charge in [0.15, 0.2) is 5.69 Å². The van der Waals surface area contributed by atoms with Crippen LogP contribution in [-0.4, -0.2) is 71.4 Å². The maximum atomic E-state index is 13.6. The van der Waals surface area contributed by atoms with Crippen molar-refractivity contribution >= 4 is 34.0 Å². The Bertz CT molecular complexity index is 1450. The monoisotopic (exact) mass is 505 g/mol. The Hall–Kier alpha value is -4.12. The van der Waals surface area contributed by atoms with E-state index in [9.17, 15) is 13.6 Å². The number of carbonyl (C=O) groups excluding carboxylic acids is 1. The zero-order chi connectivity index (χ0) is 25.4. The van der Waals surface area contributed by atoms with Crippen molar-refractivity contribution in [2.45, 2.75) is 12.3 Å². The summed E-state index contributed by atoms with van der Waals surface area (Å²) in [6.45, 7) is 2.83. The first-order valence-corrected chi connectivity index (χ1v) is 12.1. The van der Waals surface area contributed by atoms with Crippen LogP contribution in [0.2, 0.25) is 0 Å². The average Bonchev–Trinajstić information content (AvgIpc) is 3.52. The summed E-state index contributed by atoms with van der Waals surface area (Å²) in [5.74, 6) is -2.74. The number of amides is 1. The van der Waals surface area contributed by atoms with Crippen molar-refractivity contribution in [2.75, 3.05) is 54.5 Å². The molecule has 3 aromatic heterocycles. The fraction of sp³-hybridized carbons (Fsp3) is 0.308. The number of nitrogens with one attached hydrogen (secondary N) is 2. The zero-order valence-corrected chi connectivity index (χ0v) is 20.0. The van der Waals surface area contributed by atoms with Gasteiger partial charge in [0.25, 0.3) is 11.8 Å². The minimum atomic E-state index is -2.73. The summed E-state index contributed by atoms with van der Waals surface area (Å²) in [6.07, 6.45) is 4.93. The van der Waals surface area contributed by atoms with E-state index in [1.165, 1.54) is 11.1 Å². The standard InChI is InChI=1S/C26H25F2N7O2/c27-26(28)4-6-35(16-26)23-13-19(3-5-30-23)31-25(36)24-21-12-17(1-2-22(21)32-33-24)18-11-20(15-29-14-18)34-7-9-37-10-8-34/h1-3,5,11-15H,4,6-10,16H2,(H,32,33)(H,30,31,36). The van der Waals surface area contributed by atoms with Crippen molar-refractivity contribution < 1.29 is 18.3 Å². The molecule has 0 radical (unpaired) electrons. The maximum absolute atomic E-state index is 13.6. The smallest absolute Gasteiger partial charge is 0.276 e. The van der Waals surface area contributed by atoms with E-state index in [1.54, 1.807) is 18.3 Å². The number of aromatic nitrogens is 4. The lowest BCUT2D eigenvalue weighted by atomic mass is 10.0. The highest BCUT2D eigenvalue weighted by Crippen LogP contribution is 2.31. The Balaban J connectivity index is 1.24. The normalized spacial score (nSPS) is 17.4. The largest absolute Gasteiger partial charge is 0.378 e. The molecule has 2 fully saturated rings. The van der Waals surface area contributed by atoms with E-state index in [4.69, 9.17) is 4.74 Å². The molecule has 9 nitrogen and oxygen atoms in total. The van der Waals surface area contributed by atoms with Crippen LogP contribution < -0.4 is 15.1 Å². The van der Waals surface area contributed by atoms with Crippen LogP contribution in [0.15, 0.2) is 55.0 Å². The predicted molar refractivity (Wildman–Crippen MR) is 136 cm³/mol. The molecule has 2 aliphatic heterocycles. The van der Waals surface area contributed by atoms with Crippen LogP contribution >= 0.6 is 0 Å². The molecule has 0 spiro atoms. The molecule has 5 heterocycles. The summed E-state index contributed by atoms with van der Waals surface area (Å²) in [5.41, 5.74) is 4.28. The van der Waals surface area contributed by atoms with Gasteiger partial charge in [-0.05, 0) is 29.8 Å². The predicted octanol–water partition coefficient (Wildman–Crippen LogP) is 3.95. The first-order valence-electron chi connectivity index (χ1n) is 12.1. The number of ether oxygens (including phenoxy) is 1. The van der Waals surface area contributed by atoms with Gasteiger partial charge in [-0.3, -0.25) is 14.9 Å². The van der Waals surface area contributed by atoms with Gasteiger partial charge in [-0.2, -0.15) is 5.10 Å². The first kappa shape index (κ1) is 23.3. The lowest BCUT2D eigenvalue weighted by molar-refractivity contribution is 0.0256. The van der Waals surface area contributed by atoms with E-state index in [0.29, 0.717) is 30.1 Å². The topological polar surface area (TPSA) is 99.3 Å². The summed E-state index contributed by atoms with van der Waals surface area (Å²) in [5, 5.41) is 10.6. The molecule has 4 aromatic rings. The van der Waals surface area contributed by atoms with E-state index in [2.05, 4.69) is 36.4 Å². The molecule has 0 unspecified atom stereocenters. The second-order valence-electron chi connectivity index (χ2n) is 9.25. The van der Waals surface area contributed by atoms with Crippen LogP contribution in [-0.2, 0) is 4.74 Å². The van der Waals surface area contributed by atoms with E-state index in [1.807, 2.05) is 24.4 Å². The van der Waals surface area contributed by atoms with E-state index < -0.39 is 11.8 Å². The number of morpholine rings is 1. The Morgan fingerprint density at radius 3 is 2.70 bits per heavy atom. The molecule has 0 aliphatic carbocycles. The molecular weight excluding hydrogens is 480 g/mol. The van der Waals surface area contributed by atoms with Crippen molar-refractivity contribution in [1.82, 2.24) is 20.2 Å². The molecule has 0 atom stereocenters. The van der Waals surface area contributed by atoms with Crippen LogP contribution in [0.25, 0.3) is 22.0 Å². The summed E-state index contributed by atoms with van der Waals surface area (Å²) in [6, 6.07) is 11.1. The molecule has 0 bridgehead atoms. The molecule has 2 saturated heterocycles. The number of hydrogen-bond acceptors (Lipinski definition) is 7. The number of fused-ring (bicyclic) bond motifs is 1. The minimum absolute atomic E-state index is 0.211. The number of pyridine rings is 2. The molecule has 0 saturated carbocycles. The molecule has 190 valence electrons. The van der Waals surface area contributed by atoms with Crippen LogP contribution in [0.1, 0.15) is 16.9 Å². The minimum Gasteiger partial charge on any atom is -0.378 e. The van der Waals surface area contributed by atoms with Gasteiger partial charge in [-0.15, -0.1) is 0 Å². The van der Waals surface area contributed by atoms with Crippen molar-refractivity contribution in [2.24, 2.45) is 0 Å². The molecule has 6 rings (SSSR count). The van der Waals surface area contributed by atoms with Crippen molar-refractivity contribution in [1.29, 1.82) is 0 Å². The maximum Gasteiger partial charge on any atom is 0.276 e. The number of H-pyrrole nitrogens is 1. The van der Waals surface area contributed by atoms with Gasteiger partial charge in [-0.1, -0.05) is 6.07 Å². The highest BCUT2D eigenvalue weighted by Gasteiger charge is 2.38. The quantitative estimate of drug-likeness (QED) is 0.424. The van der Waals surface area contributed by atoms with Gasteiger partial charge in [0.05, 0.1) is 37.2 Å². The molecular formula is C26H25F2N7O2. The lowest BCUT2D eigenvalue weighted by Crippen LogP contribution is -2.36. The van der Waals surface area contributed by atoms with E-state index in [-0.39, 0.29) is 25.2 Å². The van der Waals surface area contributed by atoms with E-state index in [0.717, 1.165) is 35.4 Å².